The zero-order valence-corrected chi connectivity index (χ0v) is 23.5. The molecule has 0 spiro atoms. The number of nitriles is 1. The Hall–Kier alpha value is -3.72. The molecule has 0 aliphatic heterocycles. The molecule has 0 bridgehead atoms. The third-order valence-electron chi connectivity index (χ3n) is 7.69. The average molecular weight is 543 g/mol. The lowest BCUT2D eigenvalue weighted by atomic mass is 9.90. The summed E-state index contributed by atoms with van der Waals surface area (Å²) in [5.41, 5.74) is 7.06. The minimum absolute atomic E-state index is 0.266. The van der Waals surface area contributed by atoms with Crippen LogP contribution in [0.2, 0.25) is 0 Å². The smallest absolute Gasteiger partial charge is 0.282 e. The predicted octanol–water partition coefficient (Wildman–Crippen LogP) is 6.34. The Morgan fingerprint density at radius 3 is 2.49 bits per heavy atom. The van der Waals surface area contributed by atoms with Crippen molar-refractivity contribution >= 4 is 32.9 Å². The molecule has 202 valence electrons. The van der Waals surface area contributed by atoms with E-state index in [-0.39, 0.29) is 18.1 Å². The van der Waals surface area contributed by atoms with Gasteiger partial charge in [0.2, 0.25) is 0 Å². The van der Waals surface area contributed by atoms with Gasteiger partial charge in [0.1, 0.15) is 0 Å². The standard InChI is InChI=1S/C31H34N4O3S/c1-5-24-26(25(6-2)28-19-22(21-32)13-15-27(24)28)11-10-12-31-34(7-3)29-16-14-23(33-4)20-30(29)35(31)17-8-9-18-39(36,37)38/h10-16,19-20,24-25H,5-9,17-18H2,1-3H3/b12-10+,26-11-. The van der Waals surface area contributed by atoms with Crippen molar-refractivity contribution < 1.29 is 17.5 Å². The number of benzene rings is 2. The van der Waals surface area contributed by atoms with E-state index in [1.165, 1.54) is 16.7 Å². The van der Waals surface area contributed by atoms with Crippen molar-refractivity contribution in [2.75, 3.05) is 5.75 Å². The van der Waals surface area contributed by atoms with Crippen LogP contribution in [0.15, 0.2) is 54.1 Å². The first kappa shape index (κ1) is 28.3. The Labute approximate surface area is 231 Å². The largest absolute Gasteiger partial charge is 0.748 e. The fourth-order valence-electron chi connectivity index (χ4n) is 5.97. The fraction of sp³-hybridized carbons (Fsp3) is 0.387. The molecule has 3 aromatic rings. The number of imidazole rings is 1. The summed E-state index contributed by atoms with van der Waals surface area (Å²) >= 11 is 0. The van der Waals surface area contributed by atoms with E-state index in [9.17, 15) is 18.2 Å². The van der Waals surface area contributed by atoms with Crippen molar-refractivity contribution in [1.29, 1.82) is 5.26 Å². The summed E-state index contributed by atoms with van der Waals surface area (Å²) in [6.45, 7) is 15.2. The van der Waals surface area contributed by atoms with Crippen LogP contribution in [0, 0.1) is 17.9 Å². The van der Waals surface area contributed by atoms with Gasteiger partial charge in [-0.05, 0) is 68.0 Å². The summed E-state index contributed by atoms with van der Waals surface area (Å²) in [6.07, 6.45) is 9.14. The molecule has 8 heteroatoms. The first-order valence-corrected chi connectivity index (χ1v) is 15.1. The molecule has 4 rings (SSSR count). The number of aryl methyl sites for hydroxylation is 2. The lowest BCUT2D eigenvalue weighted by Crippen LogP contribution is -2.35. The van der Waals surface area contributed by atoms with Crippen LogP contribution in [0.1, 0.15) is 80.8 Å². The number of rotatable bonds is 10. The van der Waals surface area contributed by atoms with Gasteiger partial charge < -0.3 is 4.55 Å². The highest BCUT2D eigenvalue weighted by molar-refractivity contribution is 7.85. The minimum atomic E-state index is -4.25. The maximum absolute atomic E-state index is 11.1. The van der Waals surface area contributed by atoms with Gasteiger partial charge in [0.15, 0.2) is 16.7 Å². The van der Waals surface area contributed by atoms with Crippen LogP contribution < -0.4 is 4.57 Å². The zero-order valence-electron chi connectivity index (χ0n) is 22.7. The summed E-state index contributed by atoms with van der Waals surface area (Å²) in [5, 5.41) is 9.43. The van der Waals surface area contributed by atoms with Gasteiger partial charge in [-0.25, -0.2) is 22.4 Å². The molecule has 0 amide bonds. The van der Waals surface area contributed by atoms with Crippen LogP contribution in [0.5, 0.6) is 0 Å². The van der Waals surface area contributed by atoms with Gasteiger partial charge >= 0.3 is 0 Å². The molecule has 39 heavy (non-hydrogen) atoms. The normalized spacial score (nSPS) is 18.1. The molecule has 7 nitrogen and oxygen atoms in total. The molecular formula is C31H34N4O3S. The first-order valence-electron chi connectivity index (χ1n) is 13.5. The molecular weight excluding hydrogens is 508 g/mol. The van der Waals surface area contributed by atoms with Crippen molar-refractivity contribution in [3.63, 3.8) is 0 Å². The Morgan fingerprint density at radius 1 is 1.10 bits per heavy atom. The molecule has 0 radical (unpaired) electrons. The molecule has 2 aromatic carbocycles. The fourth-order valence-corrected chi connectivity index (χ4v) is 6.53. The van der Waals surface area contributed by atoms with Crippen LogP contribution in [-0.2, 0) is 23.2 Å². The summed E-state index contributed by atoms with van der Waals surface area (Å²) in [7, 11) is -4.25. The van der Waals surface area contributed by atoms with Crippen molar-refractivity contribution in [2.45, 2.75) is 71.4 Å². The van der Waals surface area contributed by atoms with E-state index in [0.717, 1.165) is 36.2 Å². The van der Waals surface area contributed by atoms with Crippen LogP contribution >= 0.6 is 0 Å². The highest BCUT2D eigenvalue weighted by Crippen LogP contribution is 2.49. The van der Waals surface area contributed by atoms with Gasteiger partial charge in [0.05, 0.1) is 41.4 Å². The molecule has 0 fully saturated rings. The number of hydrogen-bond acceptors (Lipinski definition) is 4. The first-order chi connectivity index (χ1) is 18.8. The maximum Gasteiger partial charge on any atom is 0.282 e. The maximum atomic E-state index is 11.1. The molecule has 2 atom stereocenters. The van der Waals surface area contributed by atoms with E-state index >= 15 is 0 Å². The Bertz CT molecular complexity index is 1630. The summed E-state index contributed by atoms with van der Waals surface area (Å²) in [5.74, 6) is 1.15. The predicted molar refractivity (Wildman–Crippen MR) is 152 cm³/mol. The van der Waals surface area contributed by atoms with Crippen molar-refractivity contribution in [3.8, 4) is 6.07 Å². The highest BCUT2D eigenvalue weighted by atomic mass is 32.2. The minimum Gasteiger partial charge on any atom is -0.748 e. The second-order valence-corrected chi connectivity index (χ2v) is 11.4. The molecule has 0 saturated heterocycles. The van der Waals surface area contributed by atoms with Crippen molar-refractivity contribution in [3.05, 3.63) is 88.1 Å². The van der Waals surface area contributed by atoms with Gasteiger partial charge in [0, 0.05) is 23.7 Å². The van der Waals surface area contributed by atoms with E-state index in [2.05, 4.69) is 65.1 Å². The molecule has 0 N–H and O–H groups in total. The molecule has 2 unspecified atom stereocenters. The third-order valence-corrected chi connectivity index (χ3v) is 8.48. The van der Waals surface area contributed by atoms with E-state index < -0.39 is 10.1 Å². The monoisotopic (exact) mass is 542 g/mol. The van der Waals surface area contributed by atoms with Gasteiger partial charge in [-0.3, -0.25) is 0 Å². The van der Waals surface area contributed by atoms with E-state index in [4.69, 9.17) is 6.57 Å². The van der Waals surface area contributed by atoms with Crippen LogP contribution in [-0.4, -0.2) is 23.3 Å². The third kappa shape index (κ3) is 5.83. The number of aromatic nitrogens is 2. The average Bonchev–Trinajstić information content (AvgIpc) is 3.40. The zero-order chi connectivity index (χ0) is 28.2. The molecule has 1 heterocycles. The van der Waals surface area contributed by atoms with Crippen molar-refractivity contribution in [2.24, 2.45) is 0 Å². The molecule has 1 aliphatic carbocycles. The topological polar surface area (TPSA) is 94.2 Å². The lowest BCUT2D eigenvalue weighted by Gasteiger charge is -2.14. The second kappa shape index (κ2) is 12.0. The van der Waals surface area contributed by atoms with Gasteiger partial charge in [-0.2, -0.15) is 5.26 Å². The summed E-state index contributed by atoms with van der Waals surface area (Å²) < 4.78 is 37.6. The number of nitrogens with zero attached hydrogens (tertiary/aromatic N) is 4. The molecule has 1 aliphatic rings. The van der Waals surface area contributed by atoms with E-state index in [1.54, 1.807) is 0 Å². The van der Waals surface area contributed by atoms with Crippen LogP contribution in [0.25, 0.3) is 22.0 Å². The Morgan fingerprint density at radius 2 is 1.85 bits per heavy atom. The van der Waals surface area contributed by atoms with Crippen LogP contribution in [0.3, 0.4) is 0 Å². The van der Waals surface area contributed by atoms with Gasteiger partial charge in [0.25, 0.3) is 5.82 Å². The van der Waals surface area contributed by atoms with E-state index in [1.807, 2.05) is 30.3 Å². The quantitative estimate of drug-likeness (QED) is 0.129. The van der Waals surface area contributed by atoms with Crippen molar-refractivity contribution in [1.82, 2.24) is 4.57 Å². The van der Waals surface area contributed by atoms with Gasteiger partial charge in [-0.15, -0.1) is 0 Å². The lowest BCUT2D eigenvalue weighted by molar-refractivity contribution is -0.670. The number of fused-ring (bicyclic) bond motifs is 2. The van der Waals surface area contributed by atoms with Gasteiger partial charge in [-0.1, -0.05) is 43.7 Å². The molecule has 1 aromatic heterocycles. The number of hydrogen-bond donors (Lipinski definition) is 0. The highest BCUT2D eigenvalue weighted by Gasteiger charge is 2.33. The Balaban J connectivity index is 1.75. The van der Waals surface area contributed by atoms with E-state index in [0.29, 0.717) is 30.1 Å². The second-order valence-electron chi connectivity index (χ2n) is 9.91. The number of unbranched alkanes of at least 4 members (excludes halogenated alkanes) is 1. The summed E-state index contributed by atoms with van der Waals surface area (Å²) in [6, 6.07) is 14.0. The Kier molecular flexibility index (Phi) is 8.70. The molecule has 0 saturated carbocycles. The SMILES string of the molecule is [C-]#[N+]c1ccc2c(c1)n(CCCCS(=O)(=O)[O-])c(/C=C/C=C1/C(CC)c3ccc(C#N)cc3C1CC)[n+]2CC. The number of allylic oxidation sites excluding steroid dienone is 3. The van der Waals surface area contributed by atoms with Crippen LogP contribution in [0.4, 0.5) is 5.69 Å². The summed E-state index contributed by atoms with van der Waals surface area (Å²) in [4.78, 5) is 3.60.